The molecule has 0 bridgehead atoms. The van der Waals surface area contributed by atoms with Gasteiger partial charge in [0.25, 0.3) is 0 Å². The van der Waals surface area contributed by atoms with Crippen LogP contribution < -0.4 is 0 Å². The summed E-state index contributed by atoms with van der Waals surface area (Å²) in [5, 5.41) is 0. The standard InChI is InChI=1S/C19H25NO2/c1-13(2)18(21)16-6-3-5-15(11-16)17-7-4-10-20(12-17)19(22)14-8-9-14/h3,5-6,11,13-14,17H,4,7-10,12H2,1-2H3. The van der Waals surface area contributed by atoms with Gasteiger partial charge in [0.15, 0.2) is 5.78 Å². The van der Waals surface area contributed by atoms with E-state index in [9.17, 15) is 9.59 Å². The summed E-state index contributed by atoms with van der Waals surface area (Å²) in [7, 11) is 0. The van der Waals surface area contributed by atoms with Crippen LogP contribution in [-0.4, -0.2) is 29.7 Å². The van der Waals surface area contributed by atoms with E-state index in [0.717, 1.165) is 44.3 Å². The lowest BCUT2D eigenvalue weighted by atomic mass is 9.88. The third-order valence-electron chi connectivity index (χ3n) is 4.83. The molecule has 22 heavy (non-hydrogen) atoms. The van der Waals surface area contributed by atoms with E-state index in [2.05, 4.69) is 6.07 Å². The van der Waals surface area contributed by atoms with Crippen molar-refractivity contribution in [2.75, 3.05) is 13.1 Å². The molecule has 118 valence electrons. The third kappa shape index (κ3) is 3.23. The highest BCUT2D eigenvalue weighted by Crippen LogP contribution is 2.34. The summed E-state index contributed by atoms with van der Waals surface area (Å²) in [5.41, 5.74) is 2.01. The second kappa shape index (κ2) is 6.23. The van der Waals surface area contributed by atoms with Gasteiger partial charge in [0.2, 0.25) is 5.91 Å². The van der Waals surface area contributed by atoms with E-state index in [1.54, 1.807) is 0 Å². The summed E-state index contributed by atoms with van der Waals surface area (Å²) in [4.78, 5) is 26.5. The SMILES string of the molecule is CC(C)C(=O)c1cccc(C2CCCN(C(=O)C3CC3)C2)c1. The van der Waals surface area contributed by atoms with Crippen LogP contribution in [0.25, 0.3) is 0 Å². The Balaban J connectivity index is 1.74. The van der Waals surface area contributed by atoms with E-state index in [1.165, 1.54) is 5.56 Å². The highest BCUT2D eigenvalue weighted by Gasteiger charge is 2.35. The Morgan fingerprint density at radius 1 is 1.18 bits per heavy atom. The van der Waals surface area contributed by atoms with Gasteiger partial charge in [0.1, 0.15) is 0 Å². The second-order valence-electron chi connectivity index (χ2n) is 7.04. The maximum absolute atomic E-state index is 12.3. The Labute approximate surface area is 132 Å². The quantitative estimate of drug-likeness (QED) is 0.796. The molecule has 0 radical (unpaired) electrons. The fourth-order valence-electron chi connectivity index (χ4n) is 3.32. The average Bonchev–Trinajstić information content (AvgIpc) is 3.38. The van der Waals surface area contributed by atoms with Gasteiger partial charge in [0, 0.05) is 36.4 Å². The van der Waals surface area contributed by atoms with Crippen LogP contribution in [0.5, 0.6) is 0 Å². The van der Waals surface area contributed by atoms with E-state index < -0.39 is 0 Å². The second-order valence-corrected chi connectivity index (χ2v) is 7.04. The number of likely N-dealkylation sites (tertiary alicyclic amines) is 1. The normalized spacial score (nSPS) is 22.0. The van der Waals surface area contributed by atoms with E-state index in [-0.39, 0.29) is 11.7 Å². The summed E-state index contributed by atoms with van der Waals surface area (Å²) in [6.07, 6.45) is 4.30. The lowest BCUT2D eigenvalue weighted by Crippen LogP contribution is -2.40. The molecule has 1 amide bonds. The van der Waals surface area contributed by atoms with Crippen LogP contribution in [0.1, 0.15) is 61.4 Å². The first kappa shape index (κ1) is 15.3. The zero-order valence-corrected chi connectivity index (χ0v) is 13.5. The molecule has 1 aliphatic heterocycles. The van der Waals surface area contributed by atoms with Crippen molar-refractivity contribution >= 4 is 11.7 Å². The molecule has 2 aliphatic rings. The van der Waals surface area contributed by atoms with Gasteiger partial charge >= 0.3 is 0 Å². The maximum Gasteiger partial charge on any atom is 0.225 e. The van der Waals surface area contributed by atoms with Crippen LogP contribution in [0.15, 0.2) is 24.3 Å². The van der Waals surface area contributed by atoms with Crippen molar-refractivity contribution in [2.45, 2.75) is 45.4 Å². The van der Waals surface area contributed by atoms with Crippen molar-refractivity contribution in [2.24, 2.45) is 11.8 Å². The molecule has 1 aromatic rings. The number of benzene rings is 1. The molecule has 1 heterocycles. The Kier molecular flexibility index (Phi) is 4.32. The summed E-state index contributed by atoms with van der Waals surface area (Å²) in [6, 6.07) is 8.03. The van der Waals surface area contributed by atoms with Crippen molar-refractivity contribution in [3.05, 3.63) is 35.4 Å². The van der Waals surface area contributed by atoms with Gasteiger partial charge in [0.05, 0.1) is 0 Å². The Bertz CT molecular complexity index is 575. The zero-order valence-electron chi connectivity index (χ0n) is 13.5. The number of piperidine rings is 1. The zero-order chi connectivity index (χ0) is 15.7. The molecule has 1 atom stereocenters. The van der Waals surface area contributed by atoms with Crippen molar-refractivity contribution in [1.82, 2.24) is 4.90 Å². The van der Waals surface area contributed by atoms with Crippen LogP contribution in [-0.2, 0) is 4.79 Å². The minimum Gasteiger partial charge on any atom is -0.342 e. The molecule has 1 aliphatic carbocycles. The third-order valence-corrected chi connectivity index (χ3v) is 4.83. The number of carbonyl (C=O) groups is 2. The molecule has 2 fully saturated rings. The molecule has 3 nitrogen and oxygen atoms in total. The number of amides is 1. The lowest BCUT2D eigenvalue weighted by molar-refractivity contribution is -0.133. The molecule has 3 heteroatoms. The molecule has 0 spiro atoms. The maximum atomic E-state index is 12.3. The van der Waals surface area contributed by atoms with Gasteiger partial charge in [-0.25, -0.2) is 0 Å². The number of ketones is 1. The molecule has 1 unspecified atom stereocenters. The van der Waals surface area contributed by atoms with Crippen molar-refractivity contribution in [3.63, 3.8) is 0 Å². The topological polar surface area (TPSA) is 37.4 Å². The van der Waals surface area contributed by atoms with Gasteiger partial charge in [-0.1, -0.05) is 32.0 Å². The fraction of sp³-hybridized carbons (Fsp3) is 0.579. The van der Waals surface area contributed by atoms with Crippen LogP contribution in [0, 0.1) is 11.8 Å². The van der Waals surface area contributed by atoms with Crippen LogP contribution in [0.3, 0.4) is 0 Å². The number of nitrogens with zero attached hydrogens (tertiary/aromatic N) is 1. The number of hydrogen-bond donors (Lipinski definition) is 0. The summed E-state index contributed by atoms with van der Waals surface area (Å²) < 4.78 is 0. The monoisotopic (exact) mass is 299 g/mol. The van der Waals surface area contributed by atoms with Crippen LogP contribution in [0.4, 0.5) is 0 Å². The molecular formula is C19H25NO2. The van der Waals surface area contributed by atoms with Gasteiger partial charge in [-0.15, -0.1) is 0 Å². The largest absolute Gasteiger partial charge is 0.342 e. The molecule has 1 saturated carbocycles. The molecule has 1 aromatic carbocycles. The molecular weight excluding hydrogens is 274 g/mol. The van der Waals surface area contributed by atoms with Crippen molar-refractivity contribution < 1.29 is 9.59 Å². The number of Topliss-reactive ketones (excluding diaryl/α,β-unsaturated/α-hetero) is 1. The summed E-state index contributed by atoms with van der Waals surface area (Å²) in [6.45, 7) is 5.59. The van der Waals surface area contributed by atoms with E-state index in [1.807, 2.05) is 36.9 Å². The first-order chi connectivity index (χ1) is 10.6. The smallest absolute Gasteiger partial charge is 0.225 e. The minimum atomic E-state index is 0.0227. The Morgan fingerprint density at radius 2 is 1.95 bits per heavy atom. The first-order valence-electron chi connectivity index (χ1n) is 8.49. The van der Waals surface area contributed by atoms with Gasteiger partial charge < -0.3 is 4.90 Å². The number of rotatable bonds is 4. The highest BCUT2D eigenvalue weighted by molar-refractivity contribution is 5.97. The van der Waals surface area contributed by atoms with Crippen molar-refractivity contribution in [3.8, 4) is 0 Å². The van der Waals surface area contributed by atoms with Gasteiger partial charge in [-0.3, -0.25) is 9.59 Å². The van der Waals surface area contributed by atoms with Crippen LogP contribution >= 0.6 is 0 Å². The summed E-state index contributed by atoms with van der Waals surface area (Å²) in [5.74, 6) is 1.24. The summed E-state index contributed by atoms with van der Waals surface area (Å²) >= 11 is 0. The molecule has 1 saturated heterocycles. The highest BCUT2D eigenvalue weighted by atomic mass is 16.2. The molecule has 0 aromatic heterocycles. The number of carbonyl (C=O) groups excluding carboxylic acids is 2. The first-order valence-corrected chi connectivity index (χ1v) is 8.49. The Morgan fingerprint density at radius 3 is 2.64 bits per heavy atom. The Hall–Kier alpha value is -1.64. The van der Waals surface area contributed by atoms with E-state index in [4.69, 9.17) is 0 Å². The van der Waals surface area contributed by atoms with E-state index >= 15 is 0 Å². The van der Waals surface area contributed by atoms with E-state index in [0.29, 0.717) is 17.7 Å². The van der Waals surface area contributed by atoms with Gasteiger partial charge in [-0.2, -0.15) is 0 Å². The number of hydrogen-bond acceptors (Lipinski definition) is 2. The van der Waals surface area contributed by atoms with Crippen molar-refractivity contribution in [1.29, 1.82) is 0 Å². The average molecular weight is 299 g/mol. The predicted octanol–water partition coefficient (Wildman–Crippen LogP) is 3.64. The lowest BCUT2D eigenvalue weighted by Gasteiger charge is -2.33. The molecule has 3 rings (SSSR count). The predicted molar refractivity (Wildman–Crippen MR) is 86.9 cm³/mol. The molecule has 0 N–H and O–H groups in total. The minimum absolute atomic E-state index is 0.0227. The fourth-order valence-corrected chi connectivity index (χ4v) is 3.32. The van der Waals surface area contributed by atoms with Gasteiger partial charge in [-0.05, 0) is 37.3 Å². The van der Waals surface area contributed by atoms with Crippen LogP contribution in [0.2, 0.25) is 0 Å².